The number of hydrogen-bond acceptors (Lipinski definition) is 5. The Morgan fingerprint density at radius 1 is 1.21 bits per heavy atom. The van der Waals surface area contributed by atoms with Crippen LogP contribution in [0.15, 0.2) is 34.9 Å². The molecule has 2 aromatic rings. The molecule has 1 aromatic carbocycles. The summed E-state index contributed by atoms with van der Waals surface area (Å²) in [4.78, 5) is 23.3. The van der Waals surface area contributed by atoms with Crippen molar-refractivity contribution in [2.75, 3.05) is 26.2 Å². The fourth-order valence-corrected chi connectivity index (χ4v) is 3.53. The Kier molecular flexibility index (Phi) is 6.13. The van der Waals surface area contributed by atoms with Crippen LogP contribution in [0, 0.1) is 11.8 Å². The summed E-state index contributed by atoms with van der Waals surface area (Å²) in [7, 11) is 0. The lowest BCUT2D eigenvalue weighted by atomic mass is 10.0. The standard InChI is InChI=1S/C16H16ClN3O2.C2HF3O2/c17-13-3-1-2-10(4-13)14-5-15(22-19-14)16(21)20-8-11-6-18-7-12(11)9-20;3-2(4,5)1(6)7/h1-5,11-12,18H,6-9H2;(H,6,7). The predicted molar refractivity (Wildman–Crippen MR) is 96.4 cm³/mol. The van der Waals surface area contributed by atoms with Crippen LogP contribution in [-0.2, 0) is 4.79 Å². The van der Waals surface area contributed by atoms with Crippen molar-refractivity contribution in [1.29, 1.82) is 0 Å². The minimum atomic E-state index is -5.08. The molecule has 2 unspecified atom stereocenters. The van der Waals surface area contributed by atoms with E-state index in [9.17, 15) is 18.0 Å². The number of rotatable bonds is 2. The first kappa shape index (κ1) is 21.1. The minimum absolute atomic E-state index is 0.0739. The highest BCUT2D eigenvalue weighted by atomic mass is 35.5. The molecule has 2 aliphatic rings. The molecule has 3 heterocycles. The van der Waals surface area contributed by atoms with Crippen LogP contribution in [-0.4, -0.2) is 59.4 Å². The second kappa shape index (κ2) is 8.42. The molecule has 2 fully saturated rings. The Bertz CT molecular complexity index is 890. The number of alkyl halides is 3. The van der Waals surface area contributed by atoms with Crippen LogP contribution in [0.5, 0.6) is 0 Å². The Balaban J connectivity index is 0.000000298. The van der Waals surface area contributed by atoms with Crippen LogP contribution in [0.1, 0.15) is 10.6 Å². The quantitative estimate of drug-likeness (QED) is 0.759. The second-order valence-electron chi connectivity index (χ2n) is 6.78. The van der Waals surface area contributed by atoms with Gasteiger partial charge in [-0.25, -0.2) is 4.79 Å². The molecule has 156 valence electrons. The molecule has 2 atom stereocenters. The zero-order chi connectivity index (χ0) is 21.2. The smallest absolute Gasteiger partial charge is 0.475 e. The maximum Gasteiger partial charge on any atom is 0.490 e. The molecule has 0 radical (unpaired) electrons. The first-order chi connectivity index (χ1) is 13.6. The third kappa shape index (κ3) is 5.07. The number of benzene rings is 1. The molecular weight excluding hydrogens is 415 g/mol. The van der Waals surface area contributed by atoms with Crippen molar-refractivity contribution in [3.63, 3.8) is 0 Å². The number of carboxylic acid groups (broad SMARTS) is 1. The number of nitrogens with one attached hydrogen (secondary N) is 1. The van der Waals surface area contributed by atoms with Crippen LogP contribution in [0.2, 0.25) is 5.02 Å². The average molecular weight is 432 g/mol. The lowest BCUT2D eigenvalue weighted by molar-refractivity contribution is -0.192. The summed E-state index contributed by atoms with van der Waals surface area (Å²) >= 11 is 5.98. The number of halogens is 4. The van der Waals surface area contributed by atoms with Crippen LogP contribution in [0.4, 0.5) is 13.2 Å². The number of nitrogens with zero attached hydrogens (tertiary/aromatic N) is 2. The number of carboxylic acids is 1. The lowest BCUT2D eigenvalue weighted by Crippen LogP contribution is -2.31. The highest BCUT2D eigenvalue weighted by Gasteiger charge is 2.39. The normalized spacial score (nSPS) is 20.8. The molecule has 4 rings (SSSR count). The van der Waals surface area contributed by atoms with Crippen LogP contribution in [0.3, 0.4) is 0 Å². The Morgan fingerprint density at radius 2 is 1.83 bits per heavy atom. The number of carbonyl (C=O) groups is 2. The van der Waals surface area contributed by atoms with Crippen molar-refractivity contribution in [3.8, 4) is 11.3 Å². The van der Waals surface area contributed by atoms with Crippen molar-refractivity contribution in [2.24, 2.45) is 11.8 Å². The topological polar surface area (TPSA) is 95.7 Å². The molecule has 0 saturated carbocycles. The first-order valence-electron chi connectivity index (χ1n) is 8.68. The molecule has 11 heteroatoms. The van der Waals surface area contributed by atoms with Gasteiger partial charge in [-0.05, 0) is 24.0 Å². The van der Waals surface area contributed by atoms with Crippen molar-refractivity contribution < 1.29 is 32.4 Å². The van der Waals surface area contributed by atoms with E-state index in [4.69, 9.17) is 26.0 Å². The third-order valence-corrected chi connectivity index (χ3v) is 5.00. The number of likely N-dealkylation sites (tertiary alicyclic amines) is 1. The van der Waals surface area contributed by atoms with E-state index < -0.39 is 12.1 Å². The average Bonchev–Trinajstić information content (AvgIpc) is 3.36. The largest absolute Gasteiger partial charge is 0.490 e. The number of aromatic nitrogens is 1. The van der Waals surface area contributed by atoms with Gasteiger partial charge in [0.2, 0.25) is 5.76 Å². The fourth-order valence-electron chi connectivity index (χ4n) is 3.34. The van der Waals surface area contributed by atoms with Crippen LogP contribution in [0.25, 0.3) is 11.3 Å². The number of aliphatic carboxylic acids is 1. The van der Waals surface area contributed by atoms with Crippen LogP contribution >= 0.6 is 11.6 Å². The van der Waals surface area contributed by atoms with Gasteiger partial charge < -0.3 is 19.8 Å². The van der Waals surface area contributed by atoms with Crippen LogP contribution < -0.4 is 5.32 Å². The maximum atomic E-state index is 12.5. The van der Waals surface area contributed by atoms with Gasteiger partial charge in [-0.2, -0.15) is 13.2 Å². The van der Waals surface area contributed by atoms with E-state index in [1.54, 1.807) is 18.2 Å². The molecule has 0 aliphatic carbocycles. The monoisotopic (exact) mass is 431 g/mol. The van der Waals surface area contributed by atoms with Gasteiger partial charge in [0, 0.05) is 42.8 Å². The summed E-state index contributed by atoms with van der Waals surface area (Å²) in [5.74, 6) is -1.40. The van der Waals surface area contributed by atoms with Gasteiger partial charge in [0.25, 0.3) is 5.91 Å². The van der Waals surface area contributed by atoms with Gasteiger partial charge in [-0.1, -0.05) is 28.9 Å². The summed E-state index contributed by atoms with van der Waals surface area (Å²) in [5.41, 5.74) is 1.48. The highest BCUT2D eigenvalue weighted by Crippen LogP contribution is 2.28. The van der Waals surface area contributed by atoms with E-state index in [2.05, 4.69) is 10.5 Å². The molecule has 0 spiro atoms. The highest BCUT2D eigenvalue weighted by molar-refractivity contribution is 6.30. The molecule has 2 saturated heterocycles. The molecule has 29 heavy (non-hydrogen) atoms. The predicted octanol–water partition coefficient (Wildman–Crippen LogP) is 2.92. The number of carbonyl (C=O) groups excluding carboxylic acids is 1. The van der Waals surface area contributed by atoms with E-state index in [1.807, 2.05) is 17.0 Å². The molecule has 2 aliphatic heterocycles. The molecule has 0 bridgehead atoms. The van der Waals surface area contributed by atoms with Gasteiger partial charge in [-0.3, -0.25) is 4.79 Å². The lowest BCUT2D eigenvalue weighted by Gasteiger charge is -2.15. The van der Waals surface area contributed by atoms with Gasteiger partial charge in [0.15, 0.2) is 0 Å². The maximum absolute atomic E-state index is 12.5. The van der Waals surface area contributed by atoms with Gasteiger partial charge in [0.1, 0.15) is 5.69 Å². The first-order valence-corrected chi connectivity index (χ1v) is 9.05. The molecular formula is C18H17ClF3N3O4. The van der Waals surface area contributed by atoms with Crippen molar-refractivity contribution >= 4 is 23.5 Å². The summed E-state index contributed by atoms with van der Waals surface area (Å²) < 4.78 is 37.0. The number of fused-ring (bicyclic) bond motifs is 1. The second-order valence-corrected chi connectivity index (χ2v) is 7.21. The third-order valence-electron chi connectivity index (χ3n) is 4.76. The van der Waals surface area contributed by atoms with E-state index in [1.165, 1.54) is 0 Å². The molecule has 7 nitrogen and oxygen atoms in total. The summed E-state index contributed by atoms with van der Waals surface area (Å²) in [6.07, 6.45) is -5.08. The number of amides is 1. The Labute approximate surface area is 168 Å². The zero-order valence-corrected chi connectivity index (χ0v) is 15.7. The SMILES string of the molecule is O=C(O)C(F)(F)F.O=C(c1cc(-c2cccc(Cl)c2)no1)N1CC2CNCC2C1. The van der Waals surface area contributed by atoms with Crippen molar-refractivity contribution in [3.05, 3.63) is 41.1 Å². The van der Waals surface area contributed by atoms with E-state index in [-0.39, 0.29) is 5.91 Å². The van der Waals surface area contributed by atoms with E-state index in [0.29, 0.717) is 28.3 Å². The molecule has 1 aromatic heterocycles. The molecule has 1 amide bonds. The Morgan fingerprint density at radius 3 is 2.38 bits per heavy atom. The molecule has 2 N–H and O–H groups in total. The summed E-state index contributed by atoms with van der Waals surface area (Å²) in [6.45, 7) is 3.59. The summed E-state index contributed by atoms with van der Waals surface area (Å²) in [5, 5.41) is 15.1. The van der Waals surface area contributed by atoms with Crippen molar-refractivity contribution in [1.82, 2.24) is 15.4 Å². The zero-order valence-electron chi connectivity index (χ0n) is 14.9. The summed E-state index contributed by atoms with van der Waals surface area (Å²) in [6, 6.07) is 9.04. The van der Waals surface area contributed by atoms with Gasteiger partial charge in [-0.15, -0.1) is 0 Å². The van der Waals surface area contributed by atoms with E-state index >= 15 is 0 Å². The minimum Gasteiger partial charge on any atom is -0.475 e. The fraction of sp³-hybridized carbons (Fsp3) is 0.389. The van der Waals surface area contributed by atoms with Gasteiger partial charge in [0.05, 0.1) is 0 Å². The van der Waals surface area contributed by atoms with Crippen molar-refractivity contribution in [2.45, 2.75) is 6.18 Å². The van der Waals surface area contributed by atoms with E-state index in [0.717, 1.165) is 31.7 Å². The number of hydrogen-bond donors (Lipinski definition) is 2. The Hall–Kier alpha value is -2.59. The van der Waals surface area contributed by atoms with Gasteiger partial charge >= 0.3 is 12.1 Å².